The van der Waals surface area contributed by atoms with Crippen LogP contribution in [-0.2, 0) is 16.6 Å². The van der Waals surface area contributed by atoms with E-state index in [0.29, 0.717) is 6.54 Å². The Labute approximate surface area is 193 Å². The predicted octanol–water partition coefficient (Wildman–Crippen LogP) is 3.85. The number of carbonyl (C=O) groups excluding carboxylic acids is 2. The van der Waals surface area contributed by atoms with Gasteiger partial charge in [0.2, 0.25) is 5.09 Å². The van der Waals surface area contributed by atoms with Crippen molar-refractivity contribution < 1.29 is 22.4 Å². The SMILES string of the molecule is Cc1ccc(CNC(=O)c2ccccc2NC(=O)c2ccc(S(=O)(=O)NC(C)(C)C)o2)cc1. The van der Waals surface area contributed by atoms with E-state index in [1.54, 1.807) is 45.0 Å². The van der Waals surface area contributed by atoms with E-state index in [-0.39, 0.29) is 28.0 Å². The summed E-state index contributed by atoms with van der Waals surface area (Å²) in [5.41, 5.74) is 1.91. The van der Waals surface area contributed by atoms with Gasteiger partial charge in [0.25, 0.3) is 21.8 Å². The van der Waals surface area contributed by atoms with Gasteiger partial charge >= 0.3 is 0 Å². The number of hydrogen-bond donors (Lipinski definition) is 3. The van der Waals surface area contributed by atoms with Crippen LogP contribution in [0.4, 0.5) is 5.69 Å². The lowest BCUT2D eigenvalue weighted by Crippen LogP contribution is -2.40. The molecule has 0 atom stereocenters. The largest absolute Gasteiger partial charge is 0.438 e. The van der Waals surface area contributed by atoms with Crippen LogP contribution < -0.4 is 15.4 Å². The molecule has 0 aliphatic carbocycles. The molecule has 174 valence electrons. The number of amides is 2. The van der Waals surface area contributed by atoms with Gasteiger partial charge in [0.05, 0.1) is 11.3 Å². The number of anilines is 1. The van der Waals surface area contributed by atoms with Crippen LogP contribution in [-0.4, -0.2) is 25.8 Å². The lowest BCUT2D eigenvalue weighted by atomic mass is 10.1. The fourth-order valence-electron chi connectivity index (χ4n) is 3.00. The first-order valence-corrected chi connectivity index (χ1v) is 11.8. The summed E-state index contributed by atoms with van der Waals surface area (Å²) in [6.45, 7) is 7.41. The molecule has 33 heavy (non-hydrogen) atoms. The van der Waals surface area contributed by atoms with E-state index in [1.165, 1.54) is 12.1 Å². The summed E-state index contributed by atoms with van der Waals surface area (Å²) in [6.07, 6.45) is 0. The molecule has 0 spiro atoms. The van der Waals surface area contributed by atoms with Crippen LogP contribution in [0.3, 0.4) is 0 Å². The van der Waals surface area contributed by atoms with Crippen LogP contribution in [0.2, 0.25) is 0 Å². The molecule has 8 nitrogen and oxygen atoms in total. The molecule has 9 heteroatoms. The fourth-order valence-corrected chi connectivity index (χ4v) is 4.35. The monoisotopic (exact) mass is 469 g/mol. The summed E-state index contributed by atoms with van der Waals surface area (Å²) < 4.78 is 32.5. The molecule has 0 bridgehead atoms. The second-order valence-electron chi connectivity index (χ2n) is 8.64. The number of para-hydroxylation sites is 1. The molecule has 0 aliphatic heterocycles. The molecule has 0 saturated carbocycles. The zero-order valence-electron chi connectivity index (χ0n) is 18.9. The van der Waals surface area contributed by atoms with Crippen LogP contribution in [0.25, 0.3) is 0 Å². The van der Waals surface area contributed by atoms with Crippen LogP contribution in [0, 0.1) is 6.92 Å². The van der Waals surface area contributed by atoms with Gasteiger partial charge in [-0.2, -0.15) is 0 Å². The minimum atomic E-state index is -3.92. The van der Waals surface area contributed by atoms with Gasteiger partial charge in [-0.1, -0.05) is 42.0 Å². The van der Waals surface area contributed by atoms with Crippen molar-refractivity contribution >= 4 is 27.5 Å². The Morgan fingerprint density at radius 3 is 2.24 bits per heavy atom. The maximum Gasteiger partial charge on any atom is 0.291 e. The Morgan fingerprint density at radius 1 is 0.909 bits per heavy atom. The van der Waals surface area contributed by atoms with Crippen molar-refractivity contribution in [1.82, 2.24) is 10.0 Å². The number of carbonyl (C=O) groups is 2. The zero-order chi connectivity index (χ0) is 24.2. The Kier molecular flexibility index (Phi) is 7.04. The van der Waals surface area contributed by atoms with Gasteiger partial charge in [-0.25, -0.2) is 13.1 Å². The third-order valence-electron chi connectivity index (χ3n) is 4.50. The molecule has 0 aliphatic rings. The van der Waals surface area contributed by atoms with Crippen molar-refractivity contribution in [3.8, 4) is 0 Å². The summed E-state index contributed by atoms with van der Waals surface area (Å²) in [7, 11) is -3.92. The van der Waals surface area contributed by atoms with Crippen LogP contribution >= 0.6 is 0 Å². The van der Waals surface area contributed by atoms with Crippen molar-refractivity contribution in [2.45, 2.75) is 44.9 Å². The maximum absolute atomic E-state index is 12.7. The maximum atomic E-state index is 12.7. The predicted molar refractivity (Wildman–Crippen MR) is 126 cm³/mol. The molecule has 0 fully saturated rings. The highest BCUT2D eigenvalue weighted by atomic mass is 32.2. The first-order chi connectivity index (χ1) is 15.4. The van der Waals surface area contributed by atoms with Crippen LogP contribution in [0.1, 0.15) is 52.8 Å². The molecular weight excluding hydrogens is 442 g/mol. The van der Waals surface area contributed by atoms with Crippen molar-refractivity contribution in [3.63, 3.8) is 0 Å². The van der Waals surface area contributed by atoms with Crippen molar-refractivity contribution in [2.24, 2.45) is 0 Å². The summed E-state index contributed by atoms with van der Waals surface area (Å²) >= 11 is 0. The number of rotatable bonds is 7. The number of sulfonamides is 1. The molecule has 2 aromatic carbocycles. The molecule has 0 saturated heterocycles. The smallest absolute Gasteiger partial charge is 0.291 e. The highest BCUT2D eigenvalue weighted by Gasteiger charge is 2.26. The topological polar surface area (TPSA) is 118 Å². The van der Waals surface area contributed by atoms with Gasteiger partial charge in [0, 0.05) is 12.1 Å². The van der Waals surface area contributed by atoms with Gasteiger partial charge in [-0.3, -0.25) is 9.59 Å². The molecule has 0 radical (unpaired) electrons. The summed E-state index contributed by atoms with van der Waals surface area (Å²) in [5.74, 6) is -1.23. The minimum Gasteiger partial charge on any atom is -0.438 e. The lowest BCUT2D eigenvalue weighted by Gasteiger charge is -2.18. The minimum absolute atomic E-state index is 0.195. The van der Waals surface area contributed by atoms with Crippen molar-refractivity contribution in [1.29, 1.82) is 0 Å². The average molecular weight is 470 g/mol. The number of hydrogen-bond acceptors (Lipinski definition) is 5. The van der Waals surface area contributed by atoms with Crippen LogP contribution in [0.15, 0.2) is 70.2 Å². The Hall–Kier alpha value is -3.43. The fraction of sp³-hybridized carbons (Fsp3) is 0.250. The first-order valence-electron chi connectivity index (χ1n) is 10.3. The average Bonchev–Trinajstić information content (AvgIpc) is 3.23. The molecule has 0 unspecified atom stereocenters. The number of nitrogens with one attached hydrogen (secondary N) is 3. The van der Waals surface area contributed by atoms with E-state index in [4.69, 9.17) is 4.42 Å². The summed E-state index contributed by atoms with van der Waals surface area (Å²) in [4.78, 5) is 25.4. The van der Waals surface area contributed by atoms with Gasteiger partial charge in [-0.05, 0) is 57.5 Å². The molecule has 1 aromatic heterocycles. The van der Waals surface area contributed by atoms with Crippen molar-refractivity contribution in [3.05, 3.63) is 83.1 Å². The van der Waals surface area contributed by atoms with E-state index in [2.05, 4.69) is 15.4 Å². The van der Waals surface area contributed by atoms with E-state index in [9.17, 15) is 18.0 Å². The second kappa shape index (κ2) is 9.60. The molecule has 2 amide bonds. The molecule has 1 heterocycles. The molecular formula is C24H27N3O5S. The van der Waals surface area contributed by atoms with E-state index >= 15 is 0 Å². The first kappa shape index (κ1) is 24.2. The van der Waals surface area contributed by atoms with Crippen molar-refractivity contribution in [2.75, 3.05) is 5.32 Å². The highest BCUT2D eigenvalue weighted by molar-refractivity contribution is 7.89. The quantitative estimate of drug-likeness (QED) is 0.486. The number of aryl methyl sites for hydroxylation is 1. The Bertz CT molecular complexity index is 1260. The molecule has 3 aromatic rings. The third-order valence-corrected chi connectivity index (χ3v) is 6.13. The van der Waals surface area contributed by atoms with Gasteiger partial charge in [0.1, 0.15) is 0 Å². The summed E-state index contributed by atoms with van der Waals surface area (Å²) in [5, 5.41) is 5.08. The van der Waals surface area contributed by atoms with Gasteiger partial charge in [0.15, 0.2) is 5.76 Å². The van der Waals surface area contributed by atoms with Gasteiger partial charge in [-0.15, -0.1) is 0 Å². The normalized spacial score (nSPS) is 11.8. The second-order valence-corrected chi connectivity index (χ2v) is 10.3. The highest BCUT2D eigenvalue weighted by Crippen LogP contribution is 2.20. The Morgan fingerprint density at radius 2 is 1.58 bits per heavy atom. The van der Waals surface area contributed by atoms with E-state index < -0.39 is 21.5 Å². The number of furan rings is 1. The molecule has 3 N–H and O–H groups in total. The van der Waals surface area contributed by atoms with Gasteiger partial charge < -0.3 is 15.1 Å². The van der Waals surface area contributed by atoms with Crippen LogP contribution in [0.5, 0.6) is 0 Å². The summed E-state index contributed by atoms with van der Waals surface area (Å²) in [6, 6.07) is 16.8. The van der Waals surface area contributed by atoms with E-state index in [1.807, 2.05) is 31.2 Å². The molecule has 3 rings (SSSR count). The zero-order valence-corrected chi connectivity index (χ0v) is 19.7. The lowest BCUT2D eigenvalue weighted by molar-refractivity contribution is 0.0951. The Balaban J connectivity index is 1.72. The third kappa shape index (κ3) is 6.53. The number of benzene rings is 2. The van der Waals surface area contributed by atoms with E-state index in [0.717, 1.165) is 11.1 Å². The standard InChI is InChI=1S/C24H27N3O5S/c1-16-9-11-17(12-10-16)15-25-22(28)18-7-5-6-8-19(18)26-23(29)20-13-14-21(32-20)33(30,31)27-24(2,3)4/h5-14,27H,15H2,1-4H3,(H,25,28)(H,26,29).